The van der Waals surface area contributed by atoms with E-state index in [4.69, 9.17) is 26.9 Å². The van der Waals surface area contributed by atoms with Crippen molar-refractivity contribution in [3.8, 4) is 0 Å². The van der Waals surface area contributed by atoms with Crippen LogP contribution in [0.15, 0.2) is 12.1 Å². The van der Waals surface area contributed by atoms with Gasteiger partial charge in [-0.05, 0) is 38.8 Å². The molecular weight excluding hydrogens is 236 g/mol. The van der Waals surface area contributed by atoms with Crippen molar-refractivity contribution in [1.82, 2.24) is 0 Å². The molecule has 0 unspecified atom stereocenters. The molecule has 88 valence electrons. The second-order valence-corrected chi connectivity index (χ2v) is 5.33. The van der Waals surface area contributed by atoms with Gasteiger partial charge in [-0.3, -0.25) is 0 Å². The molecule has 0 spiro atoms. The maximum Gasteiger partial charge on any atom is 0.156 e. The van der Waals surface area contributed by atoms with E-state index in [0.29, 0.717) is 0 Å². The van der Waals surface area contributed by atoms with Crippen molar-refractivity contribution in [2.24, 2.45) is 0 Å². The molecule has 1 aromatic rings. The number of aliphatic hydroxyl groups excluding tert-OH is 1. The molecule has 3 N–H and O–H groups in total. The molecule has 0 aromatic carbocycles. The molecule has 0 atom stereocenters. The Labute approximate surface area is 99.0 Å². The topological polar surface area (TPSA) is 60.7 Å². The van der Waals surface area contributed by atoms with Gasteiger partial charge < -0.3 is 15.3 Å². The lowest BCUT2D eigenvalue weighted by Crippen LogP contribution is -2.15. The second kappa shape index (κ2) is 7.19. The van der Waals surface area contributed by atoms with E-state index in [0.717, 1.165) is 17.2 Å². The zero-order chi connectivity index (χ0) is 11.9. The molecule has 0 aliphatic heterocycles. The van der Waals surface area contributed by atoms with Crippen molar-refractivity contribution in [1.29, 1.82) is 0 Å². The molecule has 0 aliphatic rings. The molecule has 5 heteroatoms. The summed E-state index contributed by atoms with van der Waals surface area (Å²) in [7, 11) is 0. The van der Waals surface area contributed by atoms with E-state index in [9.17, 15) is 0 Å². The maximum absolute atomic E-state index is 8.51. The summed E-state index contributed by atoms with van der Waals surface area (Å²) in [5.74, 6) is -1.50. The molecular formula is C10H17ClO3S. The summed E-state index contributed by atoms with van der Waals surface area (Å²) in [5, 5.41) is 24.7. The monoisotopic (exact) mass is 252 g/mol. The van der Waals surface area contributed by atoms with Gasteiger partial charge in [0.15, 0.2) is 5.79 Å². The lowest BCUT2D eigenvalue weighted by atomic mass is 10.3. The molecule has 0 saturated carbocycles. The Bertz CT molecular complexity index is 262. The van der Waals surface area contributed by atoms with Crippen molar-refractivity contribution in [3.05, 3.63) is 21.3 Å². The van der Waals surface area contributed by atoms with Crippen molar-refractivity contribution in [2.45, 2.75) is 32.5 Å². The minimum Gasteiger partial charge on any atom is -0.396 e. The quantitative estimate of drug-likeness (QED) is 0.722. The van der Waals surface area contributed by atoms with E-state index < -0.39 is 5.79 Å². The van der Waals surface area contributed by atoms with Crippen LogP contribution in [0.4, 0.5) is 0 Å². The van der Waals surface area contributed by atoms with E-state index in [1.165, 1.54) is 18.7 Å². The van der Waals surface area contributed by atoms with E-state index in [-0.39, 0.29) is 6.61 Å². The Hall–Kier alpha value is -0.130. The lowest BCUT2D eigenvalue weighted by molar-refractivity contribution is -0.127. The van der Waals surface area contributed by atoms with Crippen LogP contribution < -0.4 is 0 Å². The molecule has 15 heavy (non-hydrogen) atoms. The third-order valence-electron chi connectivity index (χ3n) is 1.21. The minimum atomic E-state index is -1.50. The first-order chi connectivity index (χ1) is 6.83. The number of aliphatic hydroxyl groups is 3. The molecule has 1 heterocycles. The fourth-order valence-electron chi connectivity index (χ4n) is 0.739. The Morgan fingerprint density at radius 2 is 1.87 bits per heavy atom. The first kappa shape index (κ1) is 14.9. The largest absolute Gasteiger partial charge is 0.396 e. The summed E-state index contributed by atoms with van der Waals surface area (Å²) in [6, 6.07) is 3.89. The summed E-state index contributed by atoms with van der Waals surface area (Å²) in [4.78, 5) is 1.25. The van der Waals surface area contributed by atoms with E-state index in [2.05, 4.69) is 0 Å². The van der Waals surface area contributed by atoms with Gasteiger partial charge in [0.2, 0.25) is 0 Å². The Kier molecular flexibility index (Phi) is 7.13. The average Bonchev–Trinajstić information content (AvgIpc) is 2.45. The highest BCUT2D eigenvalue weighted by atomic mass is 35.5. The van der Waals surface area contributed by atoms with Crippen LogP contribution in [-0.2, 0) is 6.42 Å². The number of hydrogen-bond acceptors (Lipinski definition) is 4. The van der Waals surface area contributed by atoms with Gasteiger partial charge in [-0.2, -0.15) is 0 Å². The van der Waals surface area contributed by atoms with Crippen molar-refractivity contribution in [2.75, 3.05) is 6.61 Å². The highest BCUT2D eigenvalue weighted by Crippen LogP contribution is 2.22. The number of hydrogen-bond donors (Lipinski definition) is 3. The molecule has 0 saturated heterocycles. The van der Waals surface area contributed by atoms with Crippen molar-refractivity contribution >= 4 is 22.9 Å². The van der Waals surface area contributed by atoms with Crippen LogP contribution in [0.3, 0.4) is 0 Å². The molecule has 3 nitrogen and oxygen atoms in total. The lowest BCUT2D eigenvalue weighted by Gasteiger charge is -2.03. The van der Waals surface area contributed by atoms with Crippen LogP contribution in [0, 0.1) is 0 Å². The van der Waals surface area contributed by atoms with Crippen molar-refractivity contribution in [3.63, 3.8) is 0 Å². The number of aryl methyl sites for hydroxylation is 1. The SMILES string of the molecule is CC(C)(O)O.OCCCc1ccc(Cl)s1. The van der Waals surface area contributed by atoms with E-state index >= 15 is 0 Å². The van der Waals surface area contributed by atoms with Gasteiger partial charge in [-0.15, -0.1) is 11.3 Å². The normalized spacial score (nSPS) is 10.8. The Balaban J connectivity index is 0.000000336. The highest BCUT2D eigenvalue weighted by molar-refractivity contribution is 7.16. The fourth-order valence-corrected chi connectivity index (χ4v) is 1.87. The average molecular weight is 253 g/mol. The number of halogens is 1. The molecule has 1 rings (SSSR count). The Morgan fingerprint density at radius 1 is 1.33 bits per heavy atom. The highest BCUT2D eigenvalue weighted by Gasteiger charge is 2.00. The minimum absolute atomic E-state index is 0.259. The molecule has 0 bridgehead atoms. The summed E-state index contributed by atoms with van der Waals surface area (Å²) in [5.41, 5.74) is 0. The third kappa shape index (κ3) is 11.8. The summed E-state index contributed by atoms with van der Waals surface area (Å²) >= 11 is 7.28. The van der Waals surface area contributed by atoms with Crippen LogP contribution in [0.1, 0.15) is 25.1 Å². The molecule has 0 fully saturated rings. The van der Waals surface area contributed by atoms with Gasteiger partial charge in [0.1, 0.15) is 0 Å². The molecule has 1 aromatic heterocycles. The molecule has 0 radical (unpaired) electrons. The van der Waals surface area contributed by atoms with Gasteiger partial charge in [0.05, 0.1) is 4.34 Å². The van der Waals surface area contributed by atoms with Crippen LogP contribution in [0.5, 0.6) is 0 Å². The van der Waals surface area contributed by atoms with Crippen molar-refractivity contribution < 1.29 is 15.3 Å². The van der Waals surface area contributed by atoms with Crippen LogP contribution in [0.25, 0.3) is 0 Å². The zero-order valence-electron chi connectivity index (χ0n) is 8.90. The van der Waals surface area contributed by atoms with Crippen LogP contribution in [-0.4, -0.2) is 27.7 Å². The predicted molar refractivity (Wildman–Crippen MR) is 63.3 cm³/mol. The van der Waals surface area contributed by atoms with E-state index in [1.807, 2.05) is 12.1 Å². The van der Waals surface area contributed by atoms with Gasteiger partial charge >= 0.3 is 0 Å². The number of rotatable bonds is 3. The second-order valence-electron chi connectivity index (χ2n) is 3.53. The molecule has 0 aliphatic carbocycles. The summed E-state index contributed by atoms with van der Waals surface area (Å²) < 4.78 is 0.827. The molecule has 0 amide bonds. The van der Waals surface area contributed by atoms with E-state index in [1.54, 1.807) is 11.3 Å². The van der Waals surface area contributed by atoms with Gasteiger partial charge in [-0.1, -0.05) is 11.6 Å². The van der Waals surface area contributed by atoms with Gasteiger partial charge in [0, 0.05) is 11.5 Å². The fraction of sp³-hybridized carbons (Fsp3) is 0.600. The summed E-state index contributed by atoms with van der Waals surface area (Å²) in [6.45, 7) is 2.86. The summed E-state index contributed by atoms with van der Waals surface area (Å²) in [6.07, 6.45) is 1.77. The zero-order valence-corrected chi connectivity index (χ0v) is 10.5. The number of thiophene rings is 1. The van der Waals surface area contributed by atoms with Crippen LogP contribution in [0.2, 0.25) is 4.34 Å². The first-order valence-corrected chi connectivity index (χ1v) is 5.82. The van der Waals surface area contributed by atoms with Crippen LogP contribution >= 0.6 is 22.9 Å². The Morgan fingerprint density at radius 3 is 2.20 bits per heavy atom. The third-order valence-corrected chi connectivity index (χ3v) is 2.50. The van der Waals surface area contributed by atoms with Gasteiger partial charge in [0.25, 0.3) is 0 Å². The smallest absolute Gasteiger partial charge is 0.156 e. The van der Waals surface area contributed by atoms with Gasteiger partial charge in [-0.25, -0.2) is 0 Å². The maximum atomic E-state index is 8.51. The first-order valence-electron chi connectivity index (χ1n) is 4.62. The standard InChI is InChI=1S/C7H9ClOS.C3H8O2/c8-7-4-3-6(10-7)2-1-5-9;1-3(2,4)5/h3-4,9H,1-2,5H2;4-5H,1-2H3. The predicted octanol–water partition coefficient (Wildman–Crippen LogP) is 2.03.